The fourth-order valence-electron chi connectivity index (χ4n) is 2.67. The van der Waals surface area contributed by atoms with Crippen molar-refractivity contribution in [2.75, 3.05) is 10.6 Å². The fraction of sp³-hybridized carbons (Fsp3) is 0.227. The van der Waals surface area contributed by atoms with Crippen LogP contribution in [0.4, 0.5) is 24.5 Å². The van der Waals surface area contributed by atoms with Gasteiger partial charge in [0.1, 0.15) is 0 Å². The van der Waals surface area contributed by atoms with Crippen molar-refractivity contribution < 1.29 is 22.8 Å². The smallest absolute Gasteiger partial charge is 0.326 e. The van der Waals surface area contributed by atoms with Crippen molar-refractivity contribution in [3.8, 4) is 5.69 Å². The molecule has 6 nitrogen and oxygen atoms in total. The van der Waals surface area contributed by atoms with Crippen molar-refractivity contribution in [1.29, 1.82) is 0 Å². The van der Waals surface area contributed by atoms with Gasteiger partial charge in [-0.2, -0.15) is 18.3 Å². The third kappa shape index (κ3) is 5.30. The van der Waals surface area contributed by atoms with Crippen LogP contribution < -0.4 is 10.6 Å². The molecular formula is C22H21F3N4O2. The van der Waals surface area contributed by atoms with Crippen LogP contribution in [0.2, 0.25) is 0 Å². The summed E-state index contributed by atoms with van der Waals surface area (Å²) in [5.41, 5.74) is -0.713. The van der Waals surface area contributed by atoms with Crippen LogP contribution in [-0.2, 0) is 11.0 Å². The second-order valence-corrected chi connectivity index (χ2v) is 7.92. The van der Waals surface area contributed by atoms with E-state index in [1.54, 1.807) is 45.2 Å². The highest BCUT2D eigenvalue weighted by molar-refractivity contribution is 6.06. The van der Waals surface area contributed by atoms with E-state index in [0.29, 0.717) is 5.69 Å². The number of amides is 2. The molecule has 0 aliphatic rings. The van der Waals surface area contributed by atoms with Gasteiger partial charge in [-0.3, -0.25) is 9.59 Å². The van der Waals surface area contributed by atoms with E-state index in [0.717, 1.165) is 12.1 Å². The van der Waals surface area contributed by atoms with E-state index >= 15 is 0 Å². The van der Waals surface area contributed by atoms with Gasteiger partial charge in [0, 0.05) is 29.1 Å². The summed E-state index contributed by atoms with van der Waals surface area (Å²) in [6, 6.07) is 10.8. The van der Waals surface area contributed by atoms with Gasteiger partial charge in [-0.05, 0) is 42.5 Å². The first-order valence-electron chi connectivity index (χ1n) is 9.39. The molecule has 2 aromatic carbocycles. The molecule has 0 bridgehead atoms. The molecular weight excluding hydrogens is 409 g/mol. The lowest BCUT2D eigenvalue weighted by molar-refractivity contribution is -0.137. The summed E-state index contributed by atoms with van der Waals surface area (Å²) < 4.78 is 41.0. The fourth-order valence-corrected chi connectivity index (χ4v) is 2.67. The van der Waals surface area contributed by atoms with E-state index in [1.807, 2.05) is 0 Å². The highest BCUT2D eigenvalue weighted by atomic mass is 19.4. The maximum atomic E-state index is 13.2. The SMILES string of the molecule is CC(C)(C)C(=O)Nc1cccc(C(=O)Nc2cc(C(F)(F)F)ccc2-n2cccn2)c1. The molecule has 0 aliphatic heterocycles. The molecule has 0 saturated heterocycles. The average molecular weight is 430 g/mol. The molecule has 2 N–H and O–H groups in total. The molecule has 9 heteroatoms. The molecule has 0 unspecified atom stereocenters. The first-order chi connectivity index (χ1) is 14.4. The zero-order chi connectivity index (χ0) is 22.8. The number of alkyl halides is 3. The van der Waals surface area contributed by atoms with E-state index in [1.165, 1.54) is 29.1 Å². The highest BCUT2D eigenvalue weighted by Gasteiger charge is 2.31. The molecule has 0 spiro atoms. The van der Waals surface area contributed by atoms with Crippen LogP contribution in [0.15, 0.2) is 60.9 Å². The first-order valence-corrected chi connectivity index (χ1v) is 9.39. The van der Waals surface area contributed by atoms with Crippen molar-refractivity contribution in [1.82, 2.24) is 9.78 Å². The molecule has 1 heterocycles. The van der Waals surface area contributed by atoms with E-state index < -0.39 is 23.1 Å². The number of benzene rings is 2. The standard InChI is InChI=1S/C22H21F3N4O2/c1-21(2,3)20(31)27-16-7-4-6-14(12-16)19(30)28-17-13-15(22(23,24)25)8-9-18(17)29-11-5-10-26-29/h4-13H,1-3H3,(H,27,31)(H,28,30). The van der Waals surface area contributed by atoms with Gasteiger partial charge in [-0.15, -0.1) is 0 Å². The van der Waals surface area contributed by atoms with Gasteiger partial charge >= 0.3 is 6.18 Å². The summed E-state index contributed by atoms with van der Waals surface area (Å²) in [7, 11) is 0. The van der Waals surface area contributed by atoms with E-state index in [2.05, 4.69) is 15.7 Å². The lowest BCUT2D eigenvalue weighted by atomic mass is 9.95. The number of nitrogens with zero attached hydrogens (tertiary/aromatic N) is 2. The van der Waals surface area contributed by atoms with Crippen LogP contribution in [0, 0.1) is 5.41 Å². The molecule has 31 heavy (non-hydrogen) atoms. The molecule has 0 saturated carbocycles. The summed E-state index contributed by atoms with van der Waals surface area (Å²) in [6.45, 7) is 5.26. The van der Waals surface area contributed by atoms with E-state index in [4.69, 9.17) is 0 Å². The van der Waals surface area contributed by atoms with Gasteiger partial charge in [0.15, 0.2) is 0 Å². The molecule has 0 aliphatic carbocycles. The van der Waals surface area contributed by atoms with Crippen molar-refractivity contribution in [2.24, 2.45) is 5.41 Å². The Morgan fingerprint density at radius 2 is 1.71 bits per heavy atom. The second-order valence-electron chi connectivity index (χ2n) is 7.92. The quantitative estimate of drug-likeness (QED) is 0.603. The van der Waals surface area contributed by atoms with Crippen LogP contribution in [0.1, 0.15) is 36.7 Å². The Morgan fingerprint density at radius 1 is 0.968 bits per heavy atom. The summed E-state index contributed by atoms with van der Waals surface area (Å²) in [5.74, 6) is -0.858. The minimum Gasteiger partial charge on any atom is -0.326 e. The minimum absolute atomic E-state index is 0.0485. The Labute approximate surface area is 177 Å². The Kier molecular flexibility index (Phi) is 5.88. The largest absolute Gasteiger partial charge is 0.416 e. The summed E-state index contributed by atoms with van der Waals surface area (Å²) in [5, 5.41) is 9.27. The highest BCUT2D eigenvalue weighted by Crippen LogP contribution is 2.33. The molecule has 0 fully saturated rings. The Morgan fingerprint density at radius 3 is 2.32 bits per heavy atom. The summed E-state index contributed by atoms with van der Waals surface area (Å²) in [6.07, 6.45) is -1.54. The number of rotatable bonds is 4. The van der Waals surface area contributed by atoms with Crippen molar-refractivity contribution in [2.45, 2.75) is 26.9 Å². The number of halogens is 3. The topological polar surface area (TPSA) is 76.0 Å². The molecule has 1 aromatic heterocycles. The van der Waals surface area contributed by atoms with E-state index in [-0.39, 0.29) is 22.8 Å². The zero-order valence-electron chi connectivity index (χ0n) is 17.1. The third-order valence-corrected chi connectivity index (χ3v) is 4.39. The Bertz CT molecular complexity index is 1100. The zero-order valence-corrected chi connectivity index (χ0v) is 17.1. The van der Waals surface area contributed by atoms with Gasteiger partial charge in [0.2, 0.25) is 5.91 Å². The first kappa shape index (κ1) is 22.1. The number of hydrogen-bond donors (Lipinski definition) is 2. The monoisotopic (exact) mass is 430 g/mol. The molecule has 3 aromatic rings. The number of carbonyl (C=O) groups is 2. The van der Waals surface area contributed by atoms with Gasteiger partial charge in [0.25, 0.3) is 5.91 Å². The third-order valence-electron chi connectivity index (χ3n) is 4.39. The predicted octanol–water partition coefficient (Wildman–Crippen LogP) is 5.13. The van der Waals surface area contributed by atoms with Gasteiger partial charge in [-0.25, -0.2) is 4.68 Å². The molecule has 162 valence electrons. The molecule has 0 radical (unpaired) electrons. The number of anilines is 2. The predicted molar refractivity (Wildman–Crippen MR) is 111 cm³/mol. The lowest BCUT2D eigenvalue weighted by Gasteiger charge is -2.18. The number of carbonyl (C=O) groups excluding carboxylic acids is 2. The van der Waals surface area contributed by atoms with Crippen molar-refractivity contribution in [3.05, 3.63) is 72.1 Å². The molecule has 3 rings (SSSR count). The maximum absolute atomic E-state index is 13.2. The Balaban J connectivity index is 1.91. The number of aromatic nitrogens is 2. The van der Waals surface area contributed by atoms with Crippen LogP contribution in [0.3, 0.4) is 0 Å². The summed E-state index contributed by atoms with van der Waals surface area (Å²) in [4.78, 5) is 25.0. The summed E-state index contributed by atoms with van der Waals surface area (Å²) >= 11 is 0. The van der Waals surface area contributed by atoms with Crippen LogP contribution >= 0.6 is 0 Å². The number of hydrogen-bond acceptors (Lipinski definition) is 3. The minimum atomic E-state index is -4.57. The average Bonchev–Trinajstić information content (AvgIpc) is 3.21. The van der Waals surface area contributed by atoms with Crippen LogP contribution in [-0.4, -0.2) is 21.6 Å². The lowest BCUT2D eigenvalue weighted by Crippen LogP contribution is -2.27. The molecule has 0 atom stereocenters. The van der Waals surface area contributed by atoms with Crippen molar-refractivity contribution in [3.63, 3.8) is 0 Å². The van der Waals surface area contributed by atoms with Gasteiger partial charge < -0.3 is 10.6 Å². The van der Waals surface area contributed by atoms with Crippen LogP contribution in [0.5, 0.6) is 0 Å². The van der Waals surface area contributed by atoms with Crippen molar-refractivity contribution >= 4 is 23.2 Å². The number of nitrogens with one attached hydrogen (secondary N) is 2. The van der Waals surface area contributed by atoms with Gasteiger partial charge in [-0.1, -0.05) is 26.8 Å². The van der Waals surface area contributed by atoms with Crippen LogP contribution in [0.25, 0.3) is 5.69 Å². The molecule has 2 amide bonds. The maximum Gasteiger partial charge on any atom is 0.416 e. The van der Waals surface area contributed by atoms with E-state index in [9.17, 15) is 22.8 Å². The second kappa shape index (κ2) is 8.25. The van der Waals surface area contributed by atoms with Gasteiger partial charge in [0.05, 0.1) is 16.9 Å². The normalized spacial score (nSPS) is 11.8. The Hall–Kier alpha value is -3.62.